The van der Waals surface area contributed by atoms with Gasteiger partial charge in [0.15, 0.2) is 26.4 Å². The van der Waals surface area contributed by atoms with E-state index >= 15 is 0 Å². The molecule has 1 heterocycles. The summed E-state index contributed by atoms with van der Waals surface area (Å²) in [6.07, 6.45) is 1.47. The van der Waals surface area contributed by atoms with Crippen molar-refractivity contribution in [2.45, 2.75) is 11.9 Å². The van der Waals surface area contributed by atoms with Gasteiger partial charge in [-0.3, -0.25) is 5.10 Å². The van der Waals surface area contributed by atoms with Crippen molar-refractivity contribution in [3.63, 3.8) is 0 Å². The lowest BCUT2D eigenvalue weighted by molar-refractivity contribution is 0.356. The summed E-state index contributed by atoms with van der Waals surface area (Å²) in [5.41, 5.74) is 1.09. The Bertz CT molecular complexity index is 707. The van der Waals surface area contributed by atoms with Crippen LogP contribution in [-0.4, -0.2) is 38.6 Å². The highest BCUT2D eigenvalue weighted by Gasteiger charge is 2.23. The molecule has 1 N–H and O–H groups in total. The Balaban J connectivity index is 2.68. The first kappa shape index (κ1) is 14.4. The fourth-order valence-electron chi connectivity index (χ4n) is 1.95. The second-order valence-corrected chi connectivity index (χ2v) is 6.27. The number of ether oxygens (including phenoxy) is 2. The molecular formula is C13H16N2O4S. The number of aromatic amines is 1. The Morgan fingerprint density at radius 1 is 1.20 bits per heavy atom. The molecule has 2 aromatic rings. The maximum atomic E-state index is 12.1. The summed E-state index contributed by atoms with van der Waals surface area (Å²) in [4.78, 5) is 0. The lowest BCUT2D eigenvalue weighted by Crippen LogP contribution is -2.06. The Morgan fingerprint density at radius 2 is 1.95 bits per heavy atom. The summed E-state index contributed by atoms with van der Waals surface area (Å²) in [5.74, 6) is 1.00. The molecule has 0 spiro atoms. The average Bonchev–Trinajstić information content (AvgIpc) is 2.96. The van der Waals surface area contributed by atoms with Gasteiger partial charge in [-0.1, -0.05) is 19.1 Å². The van der Waals surface area contributed by atoms with Crippen LogP contribution in [0.15, 0.2) is 29.4 Å². The highest BCUT2D eigenvalue weighted by atomic mass is 32.2. The summed E-state index contributed by atoms with van der Waals surface area (Å²) in [7, 11) is -0.355. The first-order valence-electron chi connectivity index (χ1n) is 6.02. The number of H-pyrrole nitrogens is 1. The van der Waals surface area contributed by atoms with Crippen LogP contribution < -0.4 is 9.47 Å². The fourth-order valence-corrected chi connectivity index (χ4v) is 2.92. The number of rotatable bonds is 5. The number of nitrogens with zero attached hydrogens (tertiary/aromatic N) is 1. The molecule has 0 aliphatic rings. The van der Waals surface area contributed by atoms with Crippen molar-refractivity contribution >= 4 is 9.84 Å². The van der Waals surface area contributed by atoms with E-state index in [4.69, 9.17) is 9.47 Å². The molecule has 0 atom stereocenters. The van der Waals surface area contributed by atoms with Crippen LogP contribution in [0.1, 0.15) is 6.92 Å². The van der Waals surface area contributed by atoms with E-state index in [1.807, 2.05) is 0 Å². The summed E-state index contributed by atoms with van der Waals surface area (Å²) in [6.45, 7) is 1.59. The molecule has 108 valence electrons. The van der Waals surface area contributed by atoms with Gasteiger partial charge in [-0.15, -0.1) is 0 Å². The first-order valence-corrected chi connectivity index (χ1v) is 7.67. The van der Waals surface area contributed by atoms with Gasteiger partial charge in [-0.25, -0.2) is 8.42 Å². The van der Waals surface area contributed by atoms with Gasteiger partial charge in [-0.2, -0.15) is 5.10 Å². The van der Waals surface area contributed by atoms with Gasteiger partial charge in [0.2, 0.25) is 0 Å². The lowest BCUT2D eigenvalue weighted by Gasteiger charge is -2.12. The topological polar surface area (TPSA) is 81.3 Å². The van der Waals surface area contributed by atoms with Gasteiger partial charge in [-0.05, 0) is 6.07 Å². The molecule has 0 saturated heterocycles. The molecule has 2 rings (SSSR count). The van der Waals surface area contributed by atoms with Crippen molar-refractivity contribution < 1.29 is 17.9 Å². The second kappa shape index (κ2) is 5.54. The Morgan fingerprint density at radius 3 is 2.55 bits per heavy atom. The third-order valence-electron chi connectivity index (χ3n) is 2.99. The quantitative estimate of drug-likeness (QED) is 0.911. The molecule has 0 saturated carbocycles. The fraction of sp³-hybridized carbons (Fsp3) is 0.308. The molecule has 6 nitrogen and oxygen atoms in total. The zero-order valence-corrected chi connectivity index (χ0v) is 12.3. The smallest absolute Gasteiger partial charge is 0.195 e. The van der Waals surface area contributed by atoms with E-state index in [1.54, 1.807) is 25.1 Å². The minimum Gasteiger partial charge on any atom is -0.493 e. The monoisotopic (exact) mass is 296 g/mol. The second-order valence-electron chi connectivity index (χ2n) is 4.06. The van der Waals surface area contributed by atoms with E-state index in [-0.39, 0.29) is 10.8 Å². The Kier molecular flexibility index (Phi) is 3.99. The molecule has 0 aliphatic carbocycles. The normalized spacial score (nSPS) is 11.3. The van der Waals surface area contributed by atoms with Crippen LogP contribution in [-0.2, 0) is 9.84 Å². The molecule has 1 aromatic heterocycles. The van der Waals surface area contributed by atoms with Gasteiger partial charge in [0, 0.05) is 11.1 Å². The maximum absolute atomic E-state index is 12.1. The predicted octanol–water partition coefficient (Wildman–Crippen LogP) is 1.89. The molecule has 0 radical (unpaired) electrons. The average molecular weight is 296 g/mol. The van der Waals surface area contributed by atoms with Crippen molar-refractivity contribution in [1.82, 2.24) is 10.2 Å². The van der Waals surface area contributed by atoms with Crippen LogP contribution in [0.4, 0.5) is 0 Å². The van der Waals surface area contributed by atoms with E-state index in [1.165, 1.54) is 20.4 Å². The van der Waals surface area contributed by atoms with E-state index in [9.17, 15) is 8.42 Å². The van der Waals surface area contributed by atoms with Crippen LogP contribution in [0.2, 0.25) is 0 Å². The summed E-state index contributed by atoms with van der Waals surface area (Å²) in [5, 5.41) is 6.48. The van der Waals surface area contributed by atoms with Crippen LogP contribution in [0.25, 0.3) is 11.1 Å². The molecule has 1 aromatic carbocycles. The highest BCUT2D eigenvalue weighted by molar-refractivity contribution is 7.91. The highest BCUT2D eigenvalue weighted by Crippen LogP contribution is 2.39. The van der Waals surface area contributed by atoms with Gasteiger partial charge in [0.1, 0.15) is 0 Å². The van der Waals surface area contributed by atoms with Crippen molar-refractivity contribution in [2.75, 3.05) is 20.0 Å². The summed E-state index contributed by atoms with van der Waals surface area (Å²) in [6, 6.07) is 5.28. The van der Waals surface area contributed by atoms with Crippen molar-refractivity contribution in [1.29, 1.82) is 0 Å². The zero-order valence-electron chi connectivity index (χ0n) is 11.5. The van der Waals surface area contributed by atoms with E-state index in [0.717, 1.165) is 0 Å². The summed E-state index contributed by atoms with van der Waals surface area (Å²) < 4.78 is 34.7. The van der Waals surface area contributed by atoms with Gasteiger partial charge in [0.25, 0.3) is 0 Å². The van der Waals surface area contributed by atoms with Gasteiger partial charge >= 0.3 is 0 Å². The lowest BCUT2D eigenvalue weighted by atomic mass is 10.1. The first-order chi connectivity index (χ1) is 9.55. The van der Waals surface area contributed by atoms with Crippen LogP contribution in [0, 0.1) is 0 Å². The molecule has 7 heteroatoms. The molecule has 0 amide bonds. The molecule has 0 fully saturated rings. The van der Waals surface area contributed by atoms with E-state index < -0.39 is 9.84 Å². The standard InChI is InChI=1S/C13H16N2O4S/c1-4-20(16,17)13-10(8-14-15-13)9-6-5-7-11(18-2)12(9)19-3/h5-8H,4H2,1-3H3,(H,14,15). The molecule has 20 heavy (non-hydrogen) atoms. The van der Waals surface area contributed by atoms with Crippen molar-refractivity contribution in [3.8, 4) is 22.6 Å². The van der Waals surface area contributed by atoms with Crippen LogP contribution in [0.5, 0.6) is 11.5 Å². The van der Waals surface area contributed by atoms with Crippen LogP contribution in [0.3, 0.4) is 0 Å². The number of sulfone groups is 1. The molecule has 0 bridgehead atoms. The number of hydrogen-bond acceptors (Lipinski definition) is 5. The number of para-hydroxylation sites is 1. The summed E-state index contributed by atoms with van der Waals surface area (Å²) >= 11 is 0. The zero-order chi connectivity index (χ0) is 14.8. The number of nitrogens with one attached hydrogen (secondary N) is 1. The number of hydrogen-bond donors (Lipinski definition) is 1. The largest absolute Gasteiger partial charge is 0.493 e. The maximum Gasteiger partial charge on any atom is 0.195 e. The van der Waals surface area contributed by atoms with Crippen molar-refractivity contribution in [2.24, 2.45) is 0 Å². The number of methoxy groups -OCH3 is 2. The minimum atomic E-state index is -3.39. The van der Waals surface area contributed by atoms with E-state index in [0.29, 0.717) is 22.6 Å². The van der Waals surface area contributed by atoms with Crippen molar-refractivity contribution in [3.05, 3.63) is 24.4 Å². The Labute approximate surface area is 117 Å². The number of benzene rings is 1. The third-order valence-corrected chi connectivity index (χ3v) is 4.68. The molecule has 0 unspecified atom stereocenters. The van der Waals surface area contributed by atoms with Gasteiger partial charge in [0.05, 0.1) is 26.2 Å². The van der Waals surface area contributed by atoms with Crippen LogP contribution >= 0.6 is 0 Å². The third kappa shape index (κ3) is 2.36. The Hall–Kier alpha value is -2.02. The van der Waals surface area contributed by atoms with Gasteiger partial charge < -0.3 is 9.47 Å². The molecule has 0 aliphatic heterocycles. The molecular weight excluding hydrogens is 280 g/mol. The minimum absolute atomic E-state index is 0.00548. The SMILES string of the molecule is CCS(=O)(=O)c1[nH]ncc1-c1cccc(OC)c1OC. The van der Waals surface area contributed by atoms with E-state index in [2.05, 4.69) is 10.2 Å². The number of aromatic nitrogens is 2. The predicted molar refractivity (Wildman–Crippen MR) is 74.9 cm³/mol.